The SMILES string of the molecule is Cc1ccc(C(=O)N2CCOCC2CC(=O)c2ccccc2)cn1. The van der Waals surface area contributed by atoms with Gasteiger partial charge in [0.25, 0.3) is 5.91 Å². The van der Waals surface area contributed by atoms with Gasteiger partial charge in [0, 0.05) is 30.4 Å². The van der Waals surface area contributed by atoms with Crippen LogP contribution in [-0.2, 0) is 4.74 Å². The van der Waals surface area contributed by atoms with E-state index in [1.165, 1.54) is 0 Å². The Morgan fingerprint density at radius 2 is 1.96 bits per heavy atom. The first-order valence-electron chi connectivity index (χ1n) is 8.05. The highest BCUT2D eigenvalue weighted by Crippen LogP contribution is 2.17. The molecule has 1 aromatic heterocycles. The molecule has 5 nitrogen and oxygen atoms in total. The van der Waals surface area contributed by atoms with E-state index in [1.807, 2.05) is 31.2 Å². The van der Waals surface area contributed by atoms with E-state index in [-0.39, 0.29) is 24.2 Å². The predicted molar refractivity (Wildman–Crippen MR) is 90.0 cm³/mol. The zero-order valence-corrected chi connectivity index (χ0v) is 13.6. The van der Waals surface area contributed by atoms with E-state index >= 15 is 0 Å². The number of Topliss-reactive ketones (excluding diaryl/α,β-unsaturated/α-hetero) is 1. The van der Waals surface area contributed by atoms with Crippen LogP contribution in [0.4, 0.5) is 0 Å². The maximum atomic E-state index is 12.8. The summed E-state index contributed by atoms with van der Waals surface area (Å²) in [7, 11) is 0. The number of ketones is 1. The van der Waals surface area contributed by atoms with Crippen molar-refractivity contribution in [3.8, 4) is 0 Å². The van der Waals surface area contributed by atoms with Crippen LogP contribution in [-0.4, -0.2) is 47.4 Å². The molecule has 1 fully saturated rings. The third-order valence-electron chi connectivity index (χ3n) is 4.16. The number of aryl methyl sites for hydroxylation is 1. The highest BCUT2D eigenvalue weighted by Gasteiger charge is 2.30. The van der Waals surface area contributed by atoms with Crippen LogP contribution in [0.1, 0.15) is 32.8 Å². The van der Waals surface area contributed by atoms with E-state index in [2.05, 4.69) is 4.98 Å². The van der Waals surface area contributed by atoms with E-state index in [0.29, 0.717) is 30.9 Å². The smallest absolute Gasteiger partial charge is 0.255 e. The molecule has 1 saturated heterocycles. The molecule has 1 amide bonds. The summed E-state index contributed by atoms with van der Waals surface area (Å²) in [6, 6.07) is 12.5. The van der Waals surface area contributed by atoms with Crippen LogP contribution >= 0.6 is 0 Å². The van der Waals surface area contributed by atoms with E-state index in [1.54, 1.807) is 29.3 Å². The van der Waals surface area contributed by atoms with Crippen molar-refractivity contribution in [1.29, 1.82) is 0 Å². The molecule has 0 saturated carbocycles. The van der Waals surface area contributed by atoms with Crippen molar-refractivity contribution in [3.05, 3.63) is 65.5 Å². The fourth-order valence-corrected chi connectivity index (χ4v) is 2.81. The second-order valence-corrected chi connectivity index (χ2v) is 5.91. The number of amides is 1. The van der Waals surface area contributed by atoms with Gasteiger partial charge in [-0.2, -0.15) is 0 Å². The van der Waals surface area contributed by atoms with Gasteiger partial charge in [-0.25, -0.2) is 0 Å². The molecule has 2 aromatic rings. The van der Waals surface area contributed by atoms with Crippen LogP contribution < -0.4 is 0 Å². The molecule has 2 heterocycles. The molecule has 0 radical (unpaired) electrons. The second-order valence-electron chi connectivity index (χ2n) is 5.91. The van der Waals surface area contributed by atoms with Gasteiger partial charge in [0.2, 0.25) is 0 Å². The molecular weight excluding hydrogens is 304 g/mol. The molecule has 1 atom stereocenters. The van der Waals surface area contributed by atoms with Gasteiger partial charge in [0.05, 0.1) is 24.8 Å². The van der Waals surface area contributed by atoms with Crippen LogP contribution in [0.15, 0.2) is 48.7 Å². The molecule has 1 aliphatic heterocycles. The fraction of sp³-hybridized carbons (Fsp3) is 0.316. The lowest BCUT2D eigenvalue weighted by Crippen LogP contribution is -2.49. The maximum absolute atomic E-state index is 12.8. The van der Waals surface area contributed by atoms with Gasteiger partial charge >= 0.3 is 0 Å². The van der Waals surface area contributed by atoms with E-state index in [0.717, 1.165) is 5.69 Å². The number of carbonyl (C=O) groups excluding carboxylic acids is 2. The van der Waals surface area contributed by atoms with Crippen molar-refractivity contribution in [2.75, 3.05) is 19.8 Å². The Balaban J connectivity index is 1.74. The number of pyridine rings is 1. The van der Waals surface area contributed by atoms with Crippen molar-refractivity contribution in [2.45, 2.75) is 19.4 Å². The predicted octanol–water partition coefficient (Wildman–Crippen LogP) is 2.50. The maximum Gasteiger partial charge on any atom is 0.255 e. The van der Waals surface area contributed by atoms with Gasteiger partial charge in [0.1, 0.15) is 0 Å². The molecule has 0 N–H and O–H groups in total. The number of carbonyl (C=O) groups is 2. The Hall–Kier alpha value is -2.53. The first-order valence-corrected chi connectivity index (χ1v) is 8.05. The lowest BCUT2D eigenvalue weighted by molar-refractivity contribution is -0.00283. The molecule has 3 rings (SSSR count). The third-order valence-corrected chi connectivity index (χ3v) is 4.16. The summed E-state index contributed by atoms with van der Waals surface area (Å²) < 4.78 is 5.49. The normalized spacial score (nSPS) is 17.5. The number of aromatic nitrogens is 1. The van der Waals surface area contributed by atoms with Crippen molar-refractivity contribution >= 4 is 11.7 Å². The summed E-state index contributed by atoms with van der Waals surface area (Å²) in [5, 5.41) is 0. The summed E-state index contributed by atoms with van der Waals surface area (Å²) in [6.07, 6.45) is 1.85. The van der Waals surface area contributed by atoms with Gasteiger partial charge in [0.15, 0.2) is 5.78 Å². The van der Waals surface area contributed by atoms with Gasteiger partial charge in [-0.1, -0.05) is 30.3 Å². The first kappa shape index (κ1) is 16.3. The van der Waals surface area contributed by atoms with Crippen LogP contribution in [0.25, 0.3) is 0 Å². The Bertz CT molecular complexity index is 713. The van der Waals surface area contributed by atoms with Crippen molar-refractivity contribution in [2.24, 2.45) is 0 Å². The second kappa shape index (κ2) is 7.36. The minimum Gasteiger partial charge on any atom is -0.377 e. The number of morpholine rings is 1. The summed E-state index contributed by atoms with van der Waals surface area (Å²) in [6.45, 7) is 3.23. The first-order chi connectivity index (χ1) is 11.6. The molecule has 1 aliphatic rings. The number of benzene rings is 1. The molecule has 1 aromatic carbocycles. The molecule has 24 heavy (non-hydrogen) atoms. The van der Waals surface area contributed by atoms with Gasteiger partial charge in [-0.3, -0.25) is 14.6 Å². The highest BCUT2D eigenvalue weighted by atomic mass is 16.5. The number of rotatable bonds is 4. The lowest BCUT2D eigenvalue weighted by atomic mass is 10.0. The van der Waals surface area contributed by atoms with Crippen LogP contribution in [0.2, 0.25) is 0 Å². The topological polar surface area (TPSA) is 59.5 Å². The quantitative estimate of drug-likeness (QED) is 0.811. The Morgan fingerprint density at radius 3 is 2.67 bits per heavy atom. The number of hydrogen-bond acceptors (Lipinski definition) is 4. The summed E-state index contributed by atoms with van der Waals surface area (Å²) in [4.78, 5) is 31.1. The Labute approximate surface area is 141 Å². The van der Waals surface area contributed by atoms with Gasteiger partial charge in [-0.15, -0.1) is 0 Å². The average molecular weight is 324 g/mol. The number of hydrogen-bond donors (Lipinski definition) is 0. The van der Waals surface area contributed by atoms with Crippen molar-refractivity contribution in [1.82, 2.24) is 9.88 Å². The summed E-state index contributed by atoms with van der Waals surface area (Å²) >= 11 is 0. The molecular formula is C19H20N2O3. The van der Waals surface area contributed by atoms with Crippen LogP contribution in [0, 0.1) is 6.92 Å². The average Bonchev–Trinajstić information content (AvgIpc) is 2.63. The number of ether oxygens (including phenoxy) is 1. The largest absolute Gasteiger partial charge is 0.377 e. The zero-order chi connectivity index (χ0) is 16.9. The summed E-state index contributed by atoms with van der Waals surface area (Å²) in [5.41, 5.74) is 2.07. The minimum absolute atomic E-state index is 0.0194. The van der Waals surface area contributed by atoms with E-state index in [9.17, 15) is 9.59 Å². The Kier molecular flexibility index (Phi) is 5.01. The summed E-state index contributed by atoms with van der Waals surface area (Å²) in [5.74, 6) is -0.0809. The van der Waals surface area contributed by atoms with Crippen LogP contribution in [0.5, 0.6) is 0 Å². The third kappa shape index (κ3) is 3.68. The minimum atomic E-state index is -0.250. The van der Waals surface area contributed by atoms with Crippen molar-refractivity contribution in [3.63, 3.8) is 0 Å². The van der Waals surface area contributed by atoms with Crippen molar-refractivity contribution < 1.29 is 14.3 Å². The van der Waals surface area contributed by atoms with Crippen LogP contribution in [0.3, 0.4) is 0 Å². The molecule has 0 aliphatic carbocycles. The van der Waals surface area contributed by atoms with E-state index < -0.39 is 0 Å². The fourth-order valence-electron chi connectivity index (χ4n) is 2.81. The highest BCUT2D eigenvalue weighted by molar-refractivity contribution is 5.98. The Morgan fingerprint density at radius 1 is 1.17 bits per heavy atom. The standard InChI is InChI=1S/C19H20N2O3/c1-14-7-8-16(12-20-14)19(23)21-9-10-24-13-17(21)11-18(22)15-5-3-2-4-6-15/h2-8,12,17H,9-11,13H2,1H3. The lowest BCUT2D eigenvalue weighted by Gasteiger charge is -2.35. The molecule has 0 bridgehead atoms. The van der Waals surface area contributed by atoms with Gasteiger partial charge in [-0.05, 0) is 19.1 Å². The molecule has 5 heteroatoms. The molecule has 1 unspecified atom stereocenters. The van der Waals surface area contributed by atoms with Gasteiger partial charge < -0.3 is 9.64 Å². The molecule has 124 valence electrons. The zero-order valence-electron chi connectivity index (χ0n) is 13.6. The monoisotopic (exact) mass is 324 g/mol. The van der Waals surface area contributed by atoms with E-state index in [4.69, 9.17) is 4.74 Å². The number of nitrogens with zero attached hydrogens (tertiary/aromatic N) is 2. The molecule has 0 spiro atoms.